The van der Waals surface area contributed by atoms with Gasteiger partial charge in [-0.2, -0.15) is 13.2 Å². The van der Waals surface area contributed by atoms with Gasteiger partial charge in [0, 0.05) is 19.3 Å². The fourth-order valence-electron chi connectivity index (χ4n) is 4.13. The van der Waals surface area contributed by atoms with Gasteiger partial charge < -0.3 is 13.9 Å². The third kappa shape index (κ3) is 10.5. The molecule has 0 aliphatic rings. The first-order chi connectivity index (χ1) is 18.5. The molecule has 1 aromatic rings. The number of carbonyl (C=O) groups excluding carboxylic acids is 1. The van der Waals surface area contributed by atoms with E-state index in [1.54, 1.807) is 12.1 Å². The zero-order valence-corrected chi connectivity index (χ0v) is 27.0. The molecule has 8 heteroatoms. The molecule has 0 saturated heterocycles. The summed E-state index contributed by atoms with van der Waals surface area (Å²) in [5.74, 6) is -1.43. The maximum absolute atomic E-state index is 14.5. The third-order valence-corrected chi connectivity index (χ3v) is 12.3. The summed E-state index contributed by atoms with van der Waals surface area (Å²) in [5, 5.41) is 0.0795. The standard InChI is InChI=1S/C32H51F3O4Si/c1-10-11-12-13-15-18-25(2)23-28(24-26(3)21-22-38-40(8,9)30(4,5)6)39-29(36)31(37-7,32(33,34)35)27-19-16-14-17-20-27/h14-20,23,26,28H,10-13,21-22,24H2,1-9H3/b18-15+,25-23+/t26-,28+,31-/m1/s1. The lowest BCUT2D eigenvalue weighted by atomic mass is 9.92. The molecule has 228 valence electrons. The summed E-state index contributed by atoms with van der Waals surface area (Å²) >= 11 is 0. The molecular formula is C32H51F3O4Si. The molecule has 4 nitrogen and oxygen atoms in total. The van der Waals surface area contributed by atoms with E-state index in [0.29, 0.717) is 19.4 Å². The lowest BCUT2D eigenvalue weighted by Crippen LogP contribution is -2.52. The zero-order valence-electron chi connectivity index (χ0n) is 26.0. The van der Waals surface area contributed by atoms with E-state index in [0.717, 1.165) is 38.4 Å². The van der Waals surface area contributed by atoms with E-state index in [4.69, 9.17) is 13.9 Å². The van der Waals surface area contributed by atoms with Gasteiger partial charge in [-0.1, -0.05) is 95.5 Å². The zero-order chi connectivity index (χ0) is 30.6. The predicted octanol–water partition coefficient (Wildman–Crippen LogP) is 9.52. The number of esters is 1. The average molecular weight is 585 g/mol. The number of hydrogen-bond donors (Lipinski definition) is 0. The van der Waals surface area contributed by atoms with Gasteiger partial charge in [0.05, 0.1) is 0 Å². The molecule has 0 unspecified atom stereocenters. The fraction of sp³-hybridized carbons (Fsp3) is 0.656. The molecule has 0 heterocycles. The Morgan fingerprint density at radius 1 is 1.07 bits per heavy atom. The van der Waals surface area contributed by atoms with Crippen LogP contribution in [0.25, 0.3) is 0 Å². The fourth-order valence-corrected chi connectivity index (χ4v) is 5.20. The quantitative estimate of drug-likeness (QED) is 0.0840. The second-order valence-electron chi connectivity index (χ2n) is 12.2. The number of unbranched alkanes of at least 4 members (excludes halogenated alkanes) is 3. The van der Waals surface area contributed by atoms with Crippen LogP contribution in [0.15, 0.2) is 54.1 Å². The molecule has 0 radical (unpaired) electrons. The van der Waals surface area contributed by atoms with E-state index in [-0.39, 0.29) is 16.5 Å². The van der Waals surface area contributed by atoms with Gasteiger partial charge in [-0.15, -0.1) is 0 Å². The van der Waals surface area contributed by atoms with Gasteiger partial charge in [0.1, 0.15) is 6.10 Å². The third-order valence-electron chi connectivity index (χ3n) is 7.75. The second kappa shape index (κ2) is 15.9. The van der Waals surface area contributed by atoms with Crippen molar-refractivity contribution in [3.8, 4) is 0 Å². The van der Waals surface area contributed by atoms with Crippen molar-refractivity contribution in [2.75, 3.05) is 13.7 Å². The highest BCUT2D eigenvalue weighted by Gasteiger charge is 2.64. The monoisotopic (exact) mass is 584 g/mol. The minimum atomic E-state index is -5.02. The van der Waals surface area contributed by atoms with Crippen molar-refractivity contribution in [1.82, 2.24) is 0 Å². The van der Waals surface area contributed by atoms with E-state index in [1.165, 1.54) is 24.3 Å². The van der Waals surface area contributed by atoms with Crippen LogP contribution in [0.3, 0.4) is 0 Å². The number of ether oxygens (including phenoxy) is 2. The minimum Gasteiger partial charge on any atom is -0.455 e. The van der Waals surface area contributed by atoms with Crippen LogP contribution >= 0.6 is 0 Å². The molecule has 0 saturated carbocycles. The predicted molar refractivity (Wildman–Crippen MR) is 160 cm³/mol. The van der Waals surface area contributed by atoms with Crippen LogP contribution in [0.1, 0.15) is 85.6 Å². The van der Waals surface area contributed by atoms with Gasteiger partial charge in [0.2, 0.25) is 0 Å². The maximum Gasteiger partial charge on any atom is 0.432 e. The van der Waals surface area contributed by atoms with Gasteiger partial charge >= 0.3 is 12.1 Å². The molecule has 1 aromatic carbocycles. The minimum absolute atomic E-state index is 0.0414. The summed E-state index contributed by atoms with van der Waals surface area (Å²) in [7, 11) is -1.04. The molecule has 0 N–H and O–H groups in total. The molecular weight excluding hydrogens is 533 g/mol. The number of hydrogen-bond acceptors (Lipinski definition) is 4. The van der Waals surface area contributed by atoms with Crippen molar-refractivity contribution in [3.63, 3.8) is 0 Å². The Hall–Kier alpha value is -1.90. The first-order valence-corrected chi connectivity index (χ1v) is 17.3. The molecule has 1 rings (SSSR count). The first-order valence-electron chi connectivity index (χ1n) is 14.4. The van der Waals surface area contributed by atoms with Crippen LogP contribution in [0.5, 0.6) is 0 Å². The Morgan fingerprint density at radius 3 is 2.23 bits per heavy atom. The van der Waals surface area contributed by atoms with Crippen molar-refractivity contribution >= 4 is 14.3 Å². The van der Waals surface area contributed by atoms with Gasteiger partial charge in [-0.05, 0) is 62.7 Å². The smallest absolute Gasteiger partial charge is 0.432 e. The Kier molecular flexibility index (Phi) is 14.4. The van der Waals surface area contributed by atoms with Gasteiger partial charge in [0.15, 0.2) is 8.32 Å². The Labute approximate surface area is 241 Å². The summed E-state index contributed by atoms with van der Waals surface area (Å²) in [6.07, 6.45) is 5.15. The molecule has 40 heavy (non-hydrogen) atoms. The number of carbonyl (C=O) groups is 1. The summed E-state index contributed by atoms with van der Waals surface area (Å²) in [4.78, 5) is 13.4. The summed E-state index contributed by atoms with van der Waals surface area (Å²) in [5.41, 5.74) is -2.71. The molecule has 0 fully saturated rings. The normalized spacial score (nSPS) is 16.6. The second-order valence-corrected chi connectivity index (χ2v) is 17.0. The molecule has 0 aliphatic heterocycles. The van der Waals surface area contributed by atoms with Crippen molar-refractivity contribution in [3.05, 3.63) is 59.7 Å². The summed E-state index contributed by atoms with van der Waals surface area (Å²) in [6.45, 7) is 17.5. The van der Waals surface area contributed by atoms with Crippen LogP contribution in [0.4, 0.5) is 13.2 Å². The molecule has 0 aliphatic carbocycles. The largest absolute Gasteiger partial charge is 0.455 e. The topological polar surface area (TPSA) is 44.8 Å². The summed E-state index contributed by atoms with van der Waals surface area (Å²) in [6, 6.07) is 6.93. The van der Waals surface area contributed by atoms with E-state index >= 15 is 0 Å². The van der Waals surface area contributed by atoms with E-state index in [9.17, 15) is 18.0 Å². The van der Waals surface area contributed by atoms with E-state index < -0.39 is 32.2 Å². The Balaban J connectivity index is 3.21. The highest BCUT2D eigenvalue weighted by Crippen LogP contribution is 2.43. The molecule has 3 atom stereocenters. The van der Waals surface area contributed by atoms with Crippen molar-refractivity contribution in [1.29, 1.82) is 0 Å². The van der Waals surface area contributed by atoms with Gasteiger partial charge in [-0.3, -0.25) is 0 Å². The number of halogens is 3. The lowest BCUT2D eigenvalue weighted by molar-refractivity contribution is -0.277. The molecule has 0 bridgehead atoms. The van der Waals surface area contributed by atoms with Gasteiger partial charge in [-0.25, -0.2) is 4.79 Å². The number of rotatable bonds is 16. The number of alkyl halides is 3. The van der Waals surface area contributed by atoms with E-state index in [1.807, 2.05) is 19.9 Å². The number of methoxy groups -OCH3 is 1. The maximum atomic E-state index is 14.5. The first kappa shape index (κ1) is 36.1. The summed E-state index contributed by atoms with van der Waals surface area (Å²) < 4.78 is 60.3. The molecule has 0 spiro atoms. The SMILES string of the molecule is CCCCC/C=C/C(C)=C/[C@@H](C[C@H](C)CCO[Si](C)(C)C(C)(C)C)OC(=O)[C@](OC)(c1ccccc1)C(F)(F)F. The molecule has 0 aromatic heterocycles. The highest BCUT2D eigenvalue weighted by atomic mass is 28.4. The van der Waals surface area contributed by atoms with Crippen LogP contribution in [0.2, 0.25) is 18.1 Å². The molecule has 0 amide bonds. The highest BCUT2D eigenvalue weighted by molar-refractivity contribution is 6.74. The average Bonchev–Trinajstić information content (AvgIpc) is 2.83. The van der Waals surface area contributed by atoms with Crippen LogP contribution < -0.4 is 0 Å². The van der Waals surface area contributed by atoms with Crippen LogP contribution in [-0.2, 0) is 24.3 Å². The van der Waals surface area contributed by atoms with Crippen molar-refractivity contribution in [2.45, 2.75) is 116 Å². The van der Waals surface area contributed by atoms with E-state index in [2.05, 4.69) is 46.9 Å². The van der Waals surface area contributed by atoms with Crippen LogP contribution in [0, 0.1) is 5.92 Å². The Bertz CT molecular complexity index is 951. The Morgan fingerprint density at radius 2 is 1.70 bits per heavy atom. The number of benzene rings is 1. The van der Waals surface area contributed by atoms with Crippen molar-refractivity contribution < 1.29 is 31.9 Å². The van der Waals surface area contributed by atoms with Crippen LogP contribution in [-0.4, -0.2) is 40.3 Å². The van der Waals surface area contributed by atoms with Gasteiger partial charge in [0.25, 0.3) is 5.60 Å². The van der Waals surface area contributed by atoms with Crippen molar-refractivity contribution in [2.24, 2.45) is 5.92 Å². The lowest BCUT2D eigenvalue weighted by Gasteiger charge is -2.36. The number of allylic oxidation sites excluding steroid dienone is 3.